The molecule has 0 bridgehead atoms. The Morgan fingerprint density at radius 1 is 1.29 bits per heavy atom. The largest absolute Gasteiger partial charge is 0.475 e. The lowest BCUT2D eigenvalue weighted by atomic mass is 10.3. The molecule has 17 heavy (non-hydrogen) atoms. The molecule has 0 saturated carbocycles. The predicted octanol–water partition coefficient (Wildman–Crippen LogP) is 0.915. The molecule has 0 saturated heterocycles. The normalized spacial score (nSPS) is 11.2. The topological polar surface area (TPSA) is 50.3 Å². The molecule has 0 fully saturated rings. The van der Waals surface area contributed by atoms with E-state index in [1.54, 1.807) is 12.4 Å². The van der Waals surface area contributed by atoms with Gasteiger partial charge in [0.1, 0.15) is 6.61 Å². The Labute approximate surface area is 103 Å². The summed E-state index contributed by atoms with van der Waals surface area (Å²) in [5, 5.41) is 3.29. The SMILES string of the molecule is CC(C)NCc1cnc(OCCN(C)C)cn1. The van der Waals surface area contributed by atoms with Gasteiger partial charge in [0.05, 0.1) is 18.1 Å². The lowest BCUT2D eigenvalue weighted by Gasteiger charge is -2.10. The highest BCUT2D eigenvalue weighted by atomic mass is 16.5. The first-order chi connectivity index (χ1) is 8.08. The molecule has 0 atom stereocenters. The first-order valence-corrected chi connectivity index (χ1v) is 5.89. The third-order valence-corrected chi connectivity index (χ3v) is 2.16. The molecule has 96 valence electrons. The van der Waals surface area contributed by atoms with Crippen molar-refractivity contribution < 1.29 is 4.74 Å². The number of ether oxygens (including phenoxy) is 1. The van der Waals surface area contributed by atoms with Crippen molar-refractivity contribution >= 4 is 0 Å². The van der Waals surface area contributed by atoms with Gasteiger partial charge in [0.2, 0.25) is 5.88 Å². The van der Waals surface area contributed by atoms with Crippen LogP contribution < -0.4 is 10.1 Å². The van der Waals surface area contributed by atoms with Gasteiger partial charge in [-0.3, -0.25) is 4.98 Å². The van der Waals surface area contributed by atoms with Crippen LogP contribution >= 0.6 is 0 Å². The Hall–Kier alpha value is -1.20. The van der Waals surface area contributed by atoms with Gasteiger partial charge in [0, 0.05) is 19.1 Å². The monoisotopic (exact) mass is 238 g/mol. The van der Waals surface area contributed by atoms with Gasteiger partial charge in [-0.2, -0.15) is 0 Å². The van der Waals surface area contributed by atoms with E-state index in [4.69, 9.17) is 4.74 Å². The zero-order valence-electron chi connectivity index (χ0n) is 11.1. The average Bonchev–Trinajstić information content (AvgIpc) is 2.27. The number of nitrogens with one attached hydrogen (secondary N) is 1. The van der Waals surface area contributed by atoms with Crippen LogP contribution in [0.5, 0.6) is 5.88 Å². The van der Waals surface area contributed by atoms with E-state index < -0.39 is 0 Å². The Bertz CT molecular complexity index is 311. The highest BCUT2D eigenvalue weighted by Gasteiger charge is 2.00. The molecular weight excluding hydrogens is 216 g/mol. The van der Waals surface area contributed by atoms with Gasteiger partial charge in [-0.25, -0.2) is 4.98 Å². The van der Waals surface area contributed by atoms with Crippen molar-refractivity contribution in [1.29, 1.82) is 0 Å². The quantitative estimate of drug-likeness (QED) is 0.765. The van der Waals surface area contributed by atoms with Crippen LogP contribution in [0.4, 0.5) is 0 Å². The summed E-state index contributed by atoms with van der Waals surface area (Å²) in [6, 6.07) is 0.452. The standard InChI is InChI=1S/C12H22N4O/c1-10(2)13-7-11-8-15-12(9-14-11)17-6-5-16(3)4/h8-10,13H,5-7H2,1-4H3. The smallest absolute Gasteiger partial charge is 0.232 e. The third-order valence-electron chi connectivity index (χ3n) is 2.16. The Balaban J connectivity index is 2.34. The van der Waals surface area contributed by atoms with Crippen LogP contribution in [0.15, 0.2) is 12.4 Å². The van der Waals surface area contributed by atoms with Crippen molar-refractivity contribution in [1.82, 2.24) is 20.2 Å². The van der Waals surface area contributed by atoms with Crippen molar-refractivity contribution in [2.45, 2.75) is 26.4 Å². The van der Waals surface area contributed by atoms with Crippen molar-refractivity contribution in [3.05, 3.63) is 18.1 Å². The Kier molecular flexibility index (Phi) is 5.86. The van der Waals surface area contributed by atoms with E-state index in [9.17, 15) is 0 Å². The summed E-state index contributed by atoms with van der Waals surface area (Å²) in [4.78, 5) is 10.6. The van der Waals surface area contributed by atoms with Crippen LogP contribution in [0, 0.1) is 0 Å². The predicted molar refractivity (Wildman–Crippen MR) is 68.1 cm³/mol. The number of hydrogen-bond donors (Lipinski definition) is 1. The molecule has 5 nitrogen and oxygen atoms in total. The molecule has 0 spiro atoms. The van der Waals surface area contributed by atoms with Gasteiger partial charge in [-0.1, -0.05) is 13.8 Å². The fourth-order valence-corrected chi connectivity index (χ4v) is 1.15. The van der Waals surface area contributed by atoms with Crippen LogP contribution in [0.25, 0.3) is 0 Å². The number of likely N-dealkylation sites (N-methyl/N-ethyl adjacent to an activating group) is 1. The molecule has 1 aromatic rings. The molecule has 1 N–H and O–H groups in total. The minimum absolute atomic E-state index is 0.452. The van der Waals surface area contributed by atoms with Crippen LogP contribution in [0.3, 0.4) is 0 Å². The summed E-state index contributed by atoms with van der Waals surface area (Å²) in [6.45, 7) is 6.45. The molecule has 0 amide bonds. The van der Waals surface area contributed by atoms with E-state index >= 15 is 0 Å². The van der Waals surface area contributed by atoms with Gasteiger partial charge < -0.3 is 15.0 Å². The van der Waals surface area contributed by atoms with Gasteiger partial charge in [0.15, 0.2) is 0 Å². The maximum absolute atomic E-state index is 5.46. The Morgan fingerprint density at radius 2 is 2.06 bits per heavy atom. The van der Waals surface area contributed by atoms with E-state index in [1.165, 1.54) is 0 Å². The second-order valence-corrected chi connectivity index (χ2v) is 4.53. The molecule has 0 aliphatic carbocycles. The van der Waals surface area contributed by atoms with Crippen LogP contribution in [0.2, 0.25) is 0 Å². The zero-order chi connectivity index (χ0) is 12.7. The second kappa shape index (κ2) is 7.19. The summed E-state index contributed by atoms with van der Waals surface area (Å²) >= 11 is 0. The maximum Gasteiger partial charge on any atom is 0.232 e. The summed E-state index contributed by atoms with van der Waals surface area (Å²) in [5.41, 5.74) is 0.929. The Morgan fingerprint density at radius 3 is 2.59 bits per heavy atom. The zero-order valence-corrected chi connectivity index (χ0v) is 11.1. The van der Waals surface area contributed by atoms with Gasteiger partial charge in [-0.05, 0) is 14.1 Å². The highest BCUT2D eigenvalue weighted by Crippen LogP contribution is 2.03. The van der Waals surface area contributed by atoms with Gasteiger partial charge in [0.25, 0.3) is 0 Å². The average molecular weight is 238 g/mol. The summed E-state index contributed by atoms with van der Waals surface area (Å²) in [7, 11) is 4.02. The maximum atomic E-state index is 5.46. The number of rotatable bonds is 7. The van der Waals surface area contributed by atoms with E-state index in [0.29, 0.717) is 18.5 Å². The molecular formula is C12H22N4O. The molecule has 0 unspecified atom stereocenters. The van der Waals surface area contributed by atoms with Gasteiger partial charge in [-0.15, -0.1) is 0 Å². The van der Waals surface area contributed by atoms with Crippen molar-refractivity contribution in [2.24, 2.45) is 0 Å². The molecule has 5 heteroatoms. The molecule has 1 aromatic heterocycles. The van der Waals surface area contributed by atoms with E-state index in [-0.39, 0.29) is 0 Å². The number of hydrogen-bond acceptors (Lipinski definition) is 5. The van der Waals surface area contributed by atoms with Crippen molar-refractivity contribution in [3.63, 3.8) is 0 Å². The van der Waals surface area contributed by atoms with Crippen molar-refractivity contribution in [3.8, 4) is 5.88 Å². The lowest BCUT2D eigenvalue weighted by molar-refractivity contribution is 0.253. The molecule has 0 aliphatic heterocycles. The van der Waals surface area contributed by atoms with Crippen LogP contribution in [-0.2, 0) is 6.54 Å². The minimum Gasteiger partial charge on any atom is -0.475 e. The van der Waals surface area contributed by atoms with E-state index in [1.807, 2.05) is 14.1 Å². The first-order valence-electron chi connectivity index (χ1n) is 5.89. The van der Waals surface area contributed by atoms with Gasteiger partial charge >= 0.3 is 0 Å². The van der Waals surface area contributed by atoms with E-state index in [2.05, 4.69) is 34.0 Å². The molecule has 1 rings (SSSR count). The fraction of sp³-hybridized carbons (Fsp3) is 0.667. The molecule has 0 radical (unpaired) electrons. The minimum atomic E-state index is 0.452. The summed E-state index contributed by atoms with van der Waals surface area (Å²) < 4.78 is 5.46. The second-order valence-electron chi connectivity index (χ2n) is 4.53. The summed E-state index contributed by atoms with van der Waals surface area (Å²) in [5.74, 6) is 0.583. The lowest BCUT2D eigenvalue weighted by Crippen LogP contribution is -2.22. The van der Waals surface area contributed by atoms with Crippen LogP contribution in [-0.4, -0.2) is 48.2 Å². The highest BCUT2D eigenvalue weighted by molar-refractivity contribution is 5.07. The van der Waals surface area contributed by atoms with Crippen LogP contribution in [0.1, 0.15) is 19.5 Å². The van der Waals surface area contributed by atoms with Crippen molar-refractivity contribution in [2.75, 3.05) is 27.2 Å². The third kappa shape index (κ3) is 6.19. The number of aromatic nitrogens is 2. The molecule has 0 aromatic carbocycles. The molecule has 1 heterocycles. The fourth-order valence-electron chi connectivity index (χ4n) is 1.15. The van der Waals surface area contributed by atoms with E-state index in [0.717, 1.165) is 18.8 Å². The molecule has 0 aliphatic rings. The number of nitrogens with zero attached hydrogens (tertiary/aromatic N) is 3. The summed E-state index contributed by atoms with van der Waals surface area (Å²) in [6.07, 6.45) is 3.42. The first kappa shape index (κ1) is 13.9.